The van der Waals surface area contributed by atoms with Gasteiger partial charge in [-0.3, -0.25) is 0 Å². The first kappa shape index (κ1) is 23.9. The van der Waals surface area contributed by atoms with Crippen molar-refractivity contribution in [2.75, 3.05) is 25.6 Å². The molecule has 0 aliphatic carbocycles. The van der Waals surface area contributed by atoms with Crippen LogP contribution in [-0.2, 0) is 16.1 Å². The number of rotatable bonds is 9. The summed E-state index contributed by atoms with van der Waals surface area (Å²) in [7, 11) is 1.38. The maximum atomic E-state index is 15.2. The molecule has 33 heavy (non-hydrogen) atoms. The van der Waals surface area contributed by atoms with E-state index in [1.807, 2.05) is 0 Å². The Hall–Kier alpha value is -3.75. The topological polar surface area (TPSA) is 56.8 Å². The van der Waals surface area contributed by atoms with Crippen LogP contribution in [0.4, 0.5) is 23.2 Å². The molecule has 5 nitrogen and oxygen atoms in total. The Morgan fingerprint density at radius 2 is 1.79 bits per heavy atom. The molecule has 0 fully saturated rings. The summed E-state index contributed by atoms with van der Waals surface area (Å²) in [5.41, 5.74) is -0.186. The lowest BCUT2D eigenvalue weighted by atomic mass is 10.0. The Morgan fingerprint density at radius 3 is 2.48 bits per heavy atom. The minimum absolute atomic E-state index is 0.0326. The molecule has 3 aromatic carbocycles. The summed E-state index contributed by atoms with van der Waals surface area (Å²) in [4.78, 5) is 11.4. The lowest BCUT2D eigenvalue weighted by Gasteiger charge is -2.15. The number of carbonyl (C=O) groups excluding carboxylic acids is 1. The summed E-state index contributed by atoms with van der Waals surface area (Å²) >= 11 is 0. The van der Waals surface area contributed by atoms with Crippen molar-refractivity contribution in [3.8, 4) is 22.6 Å². The number of benzene rings is 3. The van der Waals surface area contributed by atoms with E-state index in [0.717, 1.165) is 12.1 Å². The number of nitrogens with one attached hydrogen (secondary N) is 1. The minimum Gasteiger partial charge on any atom is -0.497 e. The van der Waals surface area contributed by atoms with E-state index in [0.29, 0.717) is 0 Å². The molecular formula is C24H21F4NO4. The van der Waals surface area contributed by atoms with Crippen LogP contribution in [0.1, 0.15) is 12.5 Å². The zero-order chi connectivity index (χ0) is 24.0. The van der Waals surface area contributed by atoms with Gasteiger partial charge in [-0.25, -0.2) is 22.4 Å². The van der Waals surface area contributed by atoms with Crippen LogP contribution in [0.25, 0.3) is 11.1 Å². The van der Waals surface area contributed by atoms with Gasteiger partial charge in [0, 0.05) is 17.7 Å². The standard InChI is InChI=1S/C24H21F4NO4/c1-3-32-21(30)13-33-20-8-7-19(26)24(23(20)28)29-12-15-10-17(31-2)11-18(22(15)27)14-5-4-6-16(25)9-14/h4-11,29H,3,12-13H2,1-2H3. The summed E-state index contributed by atoms with van der Waals surface area (Å²) < 4.78 is 72.8. The number of anilines is 1. The molecule has 0 unspecified atom stereocenters. The summed E-state index contributed by atoms with van der Waals surface area (Å²) in [6.45, 7) is 0.859. The fourth-order valence-electron chi connectivity index (χ4n) is 3.10. The van der Waals surface area contributed by atoms with Crippen molar-refractivity contribution in [3.63, 3.8) is 0 Å². The van der Waals surface area contributed by atoms with E-state index in [1.165, 1.54) is 43.5 Å². The zero-order valence-electron chi connectivity index (χ0n) is 17.9. The Kier molecular flexibility index (Phi) is 7.76. The molecular weight excluding hydrogens is 442 g/mol. The van der Waals surface area contributed by atoms with E-state index in [2.05, 4.69) is 5.32 Å². The first-order valence-electron chi connectivity index (χ1n) is 9.96. The van der Waals surface area contributed by atoms with Crippen LogP contribution in [-0.4, -0.2) is 26.3 Å². The smallest absolute Gasteiger partial charge is 0.344 e. The molecule has 0 atom stereocenters. The monoisotopic (exact) mass is 463 g/mol. The molecule has 3 aromatic rings. The average Bonchev–Trinajstić information content (AvgIpc) is 2.79. The second-order valence-corrected chi connectivity index (χ2v) is 6.84. The summed E-state index contributed by atoms with van der Waals surface area (Å²) in [6.07, 6.45) is 0. The summed E-state index contributed by atoms with van der Waals surface area (Å²) in [5, 5.41) is 2.52. The van der Waals surface area contributed by atoms with Gasteiger partial charge < -0.3 is 19.5 Å². The van der Waals surface area contributed by atoms with Crippen LogP contribution in [0.3, 0.4) is 0 Å². The molecule has 0 aromatic heterocycles. The van der Waals surface area contributed by atoms with Crippen molar-refractivity contribution in [2.24, 2.45) is 0 Å². The summed E-state index contributed by atoms with van der Waals surface area (Å²) in [5.74, 6) is -4.09. The Morgan fingerprint density at radius 1 is 1.00 bits per heavy atom. The van der Waals surface area contributed by atoms with Crippen molar-refractivity contribution >= 4 is 11.7 Å². The molecule has 174 valence electrons. The normalized spacial score (nSPS) is 10.6. The average molecular weight is 463 g/mol. The number of esters is 1. The maximum Gasteiger partial charge on any atom is 0.344 e. The second kappa shape index (κ2) is 10.7. The van der Waals surface area contributed by atoms with Crippen molar-refractivity contribution in [2.45, 2.75) is 13.5 Å². The van der Waals surface area contributed by atoms with Gasteiger partial charge in [-0.1, -0.05) is 12.1 Å². The third kappa shape index (κ3) is 5.74. The predicted molar refractivity (Wildman–Crippen MR) is 114 cm³/mol. The van der Waals surface area contributed by atoms with Gasteiger partial charge in [0.25, 0.3) is 0 Å². The number of hydrogen-bond donors (Lipinski definition) is 1. The first-order valence-corrected chi connectivity index (χ1v) is 9.96. The van der Waals surface area contributed by atoms with Crippen LogP contribution in [0.5, 0.6) is 11.5 Å². The van der Waals surface area contributed by atoms with Gasteiger partial charge in [-0.2, -0.15) is 0 Å². The highest BCUT2D eigenvalue weighted by Crippen LogP contribution is 2.32. The van der Waals surface area contributed by atoms with Gasteiger partial charge in [0.05, 0.1) is 13.7 Å². The third-order valence-electron chi connectivity index (χ3n) is 4.65. The molecule has 0 saturated carbocycles. The highest BCUT2D eigenvalue weighted by atomic mass is 19.1. The zero-order valence-corrected chi connectivity index (χ0v) is 17.9. The van der Waals surface area contributed by atoms with Crippen LogP contribution < -0.4 is 14.8 Å². The van der Waals surface area contributed by atoms with Gasteiger partial charge in [-0.05, 0) is 48.9 Å². The summed E-state index contributed by atoms with van der Waals surface area (Å²) in [6, 6.07) is 10.1. The fourth-order valence-corrected chi connectivity index (χ4v) is 3.10. The van der Waals surface area contributed by atoms with Gasteiger partial charge in [0.1, 0.15) is 28.9 Å². The molecule has 0 spiro atoms. The van der Waals surface area contributed by atoms with Gasteiger partial charge >= 0.3 is 5.97 Å². The number of hydrogen-bond acceptors (Lipinski definition) is 5. The molecule has 0 bridgehead atoms. The fraction of sp³-hybridized carbons (Fsp3) is 0.208. The van der Waals surface area contributed by atoms with E-state index in [1.54, 1.807) is 6.92 Å². The lowest BCUT2D eigenvalue weighted by molar-refractivity contribution is -0.145. The highest BCUT2D eigenvalue weighted by molar-refractivity contribution is 5.71. The molecule has 3 rings (SSSR count). The minimum atomic E-state index is -1.09. The van der Waals surface area contributed by atoms with E-state index in [9.17, 15) is 18.0 Å². The molecule has 1 N–H and O–H groups in total. The van der Waals surface area contributed by atoms with Crippen LogP contribution in [0, 0.1) is 23.3 Å². The van der Waals surface area contributed by atoms with Gasteiger partial charge in [0.2, 0.25) is 0 Å². The molecule has 9 heteroatoms. The first-order chi connectivity index (χ1) is 15.8. The molecule has 0 aliphatic heterocycles. The number of ether oxygens (including phenoxy) is 3. The Bertz CT molecular complexity index is 1150. The Labute approximate surface area is 187 Å². The van der Waals surface area contributed by atoms with Crippen molar-refractivity contribution < 1.29 is 36.6 Å². The van der Waals surface area contributed by atoms with Gasteiger partial charge in [-0.15, -0.1) is 0 Å². The molecule has 0 heterocycles. The molecule has 0 aliphatic rings. The highest BCUT2D eigenvalue weighted by Gasteiger charge is 2.18. The SMILES string of the molecule is CCOC(=O)COc1ccc(F)c(NCc2cc(OC)cc(-c3cccc(F)c3)c2F)c1F. The van der Waals surface area contributed by atoms with E-state index in [-0.39, 0.29) is 41.3 Å². The molecule has 0 radical (unpaired) electrons. The van der Waals surface area contributed by atoms with E-state index >= 15 is 4.39 Å². The van der Waals surface area contributed by atoms with Crippen molar-refractivity contribution in [1.29, 1.82) is 0 Å². The number of halogens is 4. The quantitative estimate of drug-likeness (QED) is 0.337. The van der Waals surface area contributed by atoms with Crippen molar-refractivity contribution in [1.82, 2.24) is 0 Å². The molecule has 0 amide bonds. The second-order valence-electron chi connectivity index (χ2n) is 6.84. The van der Waals surface area contributed by atoms with E-state index < -0.39 is 41.5 Å². The maximum absolute atomic E-state index is 15.2. The molecule has 0 saturated heterocycles. The lowest BCUT2D eigenvalue weighted by Crippen LogP contribution is -2.15. The van der Waals surface area contributed by atoms with E-state index in [4.69, 9.17) is 14.2 Å². The predicted octanol–water partition coefficient (Wildman–Crippen LogP) is 5.47. The Balaban J connectivity index is 1.87. The number of carbonyl (C=O) groups is 1. The van der Waals surface area contributed by atoms with Crippen molar-refractivity contribution in [3.05, 3.63) is 77.4 Å². The van der Waals surface area contributed by atoms with Crippen LogP contribution >= 0.6 is 0 Å². The van der Waals surface area contributed by atoms with Gasteiger partial charge in [0.15, 0.2) is 18.2 Å². The third-order valence-corrected chi connectivity index (χ3v) is 4.65. The largest absolute Gasteiger partial charge is 0.497 e. The number of methoxy groups -OCH3 is 1. The van der Waals surface area contributed by atoms with Crippen LogP contribution in [0.2, 0.25) is 0 Å². The van der Waals surface area contributed by atoms with Crippen LogP contribution in [0.15, 0.2) is 48.5 Å².